The maximum Gasteiger partial charge on any atom is 0.387 e. The summed E-state index contributed by atoms with van der Waals surface area (Å²) in [4.78, 5) is 0. The van der Waals surface area contributed by atoms with Crippen molar-refractivity contribution >= 4 is 0 Å². The van der Waals surface area contributed by atoms with E-state index in [1.165, 1.54) is 65.6 Å². The summed E-state index contributed by atoms with van der Waals surface area (Å²) < 4.78 is 76.0. The summed E-state index contributed by atoms with van der Waals surface area (Å²) in [5, 5.41) is 7.50. The monoisotopic (exact) mass is 413 g/mol. The molecule has 0 radical (unpaired) electrons. The lowest BCUT2D eigenvalue weighted by Crippen LogP contribution is -2.33. The predicted molar refractivity (Wildman–Crippen MR) is 92.8 cm³/mol. The number of alkyl halides is 5. The third-order valence-corrected chi connectivity index (χ3v) is 4.41. The maximum atomic E-state index is 16.5. The summed E-state index contributed by atoms with van der Waals surface area (Å²) in [5.41, 5.74) is -1.94. The van der Waals surface area contributed by atoms with E-state index in [-0.39, 0.29) is 22.6 Å². The number of rotatable bonds is 8. The van der Waals surface area contributed by atoms with Crippen molar-refractivity contribution < 1.29 is 31.4 Å². The van der Waals surface area contributed by atoms with Gasteiger partial charge in [0.1, 0.15) is 11.5 Å². The molecule has 3 rings (SSSR count). The van der Waals surface area contributed by atoms with Gasteiger partial charge in [0.15, 0.2) is 5.67 Å². The highest BCUT2D eigenvalue weighted by Crippen LogP contribution is 2.44. The molecule has 0 saturated carbocycles. The number of ether oxygens (including phenoxy) is 2. The van der Waals surface area contributed by atoms with Crippen molar-refractivity contribution in [2.45, 2.75) is 31.9 Å². The van der Waals surface area contributed by atoms with Gasteiger partial charge >= 0.3 is 13.2 Å². The molecule has 2 aromatic carbocycles. The molecule has 0 N–H and O–H groups in total. The van der Waals surface area contributed by atoms with Crippen molar-refractivity contribution in [3.63, 3.8) is 0 Å². The van der Waals surface area contributed by atoms with Gasteiger partial charge in [0.05, 0.1) is 12.2 Å². The van der Waals surface area contributed by atoms with Gasteiger partial charge in [-0.1, -0.05) is 29.5 Å². The molecule has 5 nitrogen and oxygen atoms in total. The van der Waals surface area contributed by atoms with E-state index in [0.29, 0.717) is 0 Å². The average Bonchev–Trinajstić information content (AvgIpc) is 3.22. The molecule has 0 aliphatic carbocycles. The highest BCUT2D eigenvalue weighted by atomic mass is 19.3. The van der Waals surface area contributed by atoms with Crippen molar-refractivity contribution in [3.8, 4) is 11.5 Å². The molecular formula is C19H16F5N3O2. The smallest absolute Gasteiger partial charge is 0.387 e. The van der Waals surface area contributed by atoms with Crippen molar-refractivity contribution in [2.24, 2.45) is 0 Å². The number of hydrogen-bond acceptors (Lipinski definition) is 4. The predicted octanol–water partition coefficient (Wildman–Crippen LogP) is 4.96. The minimum absolute atomic E-state index is 0.125. The van der Waals surface area contributed by atoms with Crippen LogP contribution in [0.25, 0.3) is 0 Å². The van der Waals surface area contributed by atoms with Gasteiger partial charge < -0.3 is 9.47 Å². The van der Waals surface area contributed by atoms with Crippen LogP contribution in [-0.4, -0.2) is 28.2 Å². The first-order valence-corrected chi connectivity index (χ1v) is 8.46. The Bertz CT molecular complexity index is 849. The molecule has 3 aromatic rings. The second kappa shape index (κ2) is 8.46. The molecule has 0 fully saturated rings. The van der Waals surface area contributed by atoms with E-state index in [2.05, 4.69) is 19.8 Å². The molecule has 1 unspecified atom stereocenters. The summed E-state index contributed by atoms with van der Waals surface area (Å²) in [6.07, 6.45) is 2.86. The van der Waals surface area contributed by atoms with Crippen molar-refractivity contribution in [3.05, 3.63) is 72.1 Å². The van der Waals surface area contributed by atoms with E-state index in [4.69, 9.17) is 0 Å². The number of halogens is 5. The molecule has 1 heterocycles. The van der Waals surface area contributed by atoms with Gasteiger partial charge in [-0.25, -0.2) is 9.07 Å². The van der Waals surface area contributed by atoms with Crippen molar-refractivity contribution in [1.82, 2.24) is 15.0 Å². The molecule has 0 aliphatic heterocycles. The molecule has 0 amide bonds. The topological polar surface area (TPSA) is 49.2 Å². The van der Waals surface area contributed by atoms with Crippen molar-refractivity contribution in [2.75, 3.05) is 0 Å². The molecular weight excluding hydrogens is 397 g/mol. The van der Waals surface area contributed by atoms with Crippen LogP contribution in [0.2, 0.25) is 0 Å². The Morgan fingerprint density at radius 1 is 0.828 bits per heavy atom. The first-order valence-electron chi connectivity index (χ1n) is 8.46. The summed E-state index contributed by atoms with van der Waals surface area (Å²) >= 11 is 0. The van der Waals surface area contributed by atoms with Crippen molar-refractivity contribution in [1.29, 1.82) is 0 Å². The Kier molecular flexibility index (Phi) is 6.00. The number of hydrogen-bond donors (Lipinski definition) is 0. The van der Waals surface area contributed by atoms with Gasteiger partial charge in [-0.3, -0.25) is 0 Å². The molecule has 29 heavy (non-hydrogen) atoms. The molecule has 0 spiro atoms. The highest BCUT2D eigenvalue weighted by Gasteiger charge is 2.42. The SMILES string of the molecule is CC(n1ccnn1)C(F)(c1ccc(OC(F)F)cc1)c1ccc(OC(F)F)cc1. The van der Waals surface area contributed by atoms with Gasteiger partial charge in [0.25, 0.3) is 0 Å². The zero-order chi connectivity index (χ0) is 21.0. The zero-order valence-electron chi connectivity index (χ0n) is 15.1. The standard InChI is InChI=1S/C19H16F5N3O2/c1-12(27-11-10-25-26-27)19(24,13-2-6-15(7-3-13)28-17(20)21)14-4-8-16(9-5-14)29-18(22)23/h2-12,17-18H,1H3. The first-order chi connectivity index (χ1) is 13.8. The highest BCUT2D eigenvalue weighted by molar-refractivity contribution is 5.42. The average molecular weight is 413 g/mol. The van der Waals surface area contributed by atoms with E-state index in [0.717, 1.165) is 0 Å². The second-order valence-electron chi connectivity index (χ2n) is 6.08. The van der Waals surface area contributed by atoms with E-state index < -0.39 is 24.9 Å². The van der Waals surface area contributed by atoms with Gasteiger partial charge in [-0.15, -0.1) is 5.10 Å². The van der Waals surface area contributed by atoms with Crippen LogP contribution < -0.4 is 9.47 Å². The molecule has 1 atom stereocenters. The Hall–Kier alpha value is -3.17. The maximum absolute atomic E-state index is 16.5. The lowest BCUT2D eigenvalue weighted by molar-refractivity contribution is -0.0505. The fourth-order valence-corrected chi connectivity index (χ4v) is 3.01. The van der Waals surface area contributed by atoms with Gasteiger partial charge in [0, 0.05) is 6.20 Å². The van der Waals surface area contributed by atoms with Gasteiger partial charge in [-0.05, 0) is 42.3 Å². The molecule has 0 aliphatic rings. The molecule has 154 valence electrons. The van der Waals surface area contributed by atoms with E-state index in [9.17, 15) is 17.6 Å². The van der Waals surface area contributed by atoms with Crippen LogP contribution in [-0.2, 0) is 5.67 Å². The van der Waals surface area contributed by atoms with Crippen LogP contribution in [0.4, 0.5) is 22.0 Å². The Morgan fingerprint density at radius 3 is 1.62 bits per heavy atom. The van der Waals surface area contributed by atoms with Crippen LogP contribution >= 0.6 is 0 Å². The number of benzene rings is 2. The minimum atomic E-state index is -3.01. The minimum Gasteiger partial charge on any atom is -0.435 e. The summed E-state index contributed by atoms with van der Waals surface area (Å²) in [5.74, 6) is -0.250. The quantitative estimate of drug-likeness (QED) is 0.490. The second-order valence-corrected chi connectivity index (χ2v) is 6.08. The third kappa shape index (κ3) is 4.47. The first kappa shape index (κ1) is 20.6. The van der Waals surface area contributed by atoms with Crippen LogP contribution in [0.5, 0.6) is 11.5 Å². The van der Waals surface area contributed by atoms with Crippen LogP contribution in [0, 0.1) is 0 Å². The van der Waals surface area contributed by atoms with E-state index in [1.54, 1.807) is 6.92 Å². The third-order valence-electron chi connectivity index (χ3n) is 4.41. The lowest BCUT2D eigenvalue weighted by atomic mass is 9.82. The van der Waals surface area contributed by atoms with E-state index >= 15 is 4.39 Å². The number of nitrogens with zero attached hydrogens (tertiary/aromatic N) is 3. The fraction of sp³-hybridized carbons (Fsp3) is 0.263. The Morgan fingerprint density at radius 2 is 1.28 bits per heavy atom. The van der Waals surface area contributed by atoms with Gasteiger partial charge in [-0.2, -0.15) is 17.6 Å². The van der Waals surface area contributed by atoms with Crippen LogP contribution in [0.1, 0.15) is 24.1 Å². The molecule has 1 aromatic heterocycles. The molecule has 0 bridgehead atoms. The largest absolute Gasteiger partial charge is 0.435 e. The van der Waals surface area contributed by atoms with Crippen LogP contribution in [0.15, 0.2) is 60.9 Å². The number of aromatic nitrogens is 3. The lowest BCUT2D eigenvalue weighted by Gasteiger charge is -2.32. The summed E-state index contributed by atoms with van der Waals surface area (Å²) in [6, 6.07) is 9.23. The fourth-order valence-electron chi connectivity index (χ4n) is 3.01. The zero-order valence-corrected chi connectivity index (χ0v) is 15.1. The summed E-state index contributed by atoms with van der Waals surface area (Å²) in [6.45, 7) is -4.46. The van der Waals surface area contributed by atoms with Gasteiger partial charge in [0.2, 0.25) is 0 Å². The molecule has 0 saturated heterocycles. The molecule has 10 heteroatoms. The Labute approximate surface area is 162 Å². The van der Waals surface area contributed by atoms with E-state index in [1.807, 2.05) is 0 Å². The Balaban J connectivity index is 2.02. The normalized spacial score (nSPS) is 13.0. The summed E-state index contributed by atoms with van der Waals surface area (Å²) in [7, 11) is 0. The van der Waals surface area contributed by atoms with Crippen LogP contribution in [0.3, 0.4) is 0 Å².